The number of aromatic nitrogens is 1. The van der Waals surface area contributed by atoms with Gasteiger partial charge < -0.3 is 18.9 Å². The van der Waals surface area contributed by atoms with Gasteiger partial charge in [-0.2, -0.15) is 0 Å². The van der Waals surface area contributed by atoms with Gasteiger partial charge in [-0.15, -0.1) is 0 Å². The Kier molecular flexibility index (Phi) is 7.80. The van der Waals surface area contributed by atoms with E-state index in [1.54, 1.807) is 44.4 Å². The number of carbonyl (C=O) groups is 3. The molecule has 0 aromatic carbocycles. The van der Waals surface area contributed by atoms with Crippen LogP contribution in [0.2, 0.25) is 0 Å². The third kappa shape index (κ3) is 4.63. The largest absolute Gasteiger partial charge is 0.461 e. The molecule has 0 aliphatic heterocycles. The molecule has 1 fully saturated rings. The summed E-state index contributed by atoms with van der Waals surface area (Å²) >= 11 is 0. The zero-order chi connectivity index (χ0) is 20.8. The van der Waals surface area contributed by atoms with Crippen LogP contribution in [0.15, 0.2) is 0 Å². The van der Waals surface area contributed by atoms with Crippen molar-refractivity contribution in [2.45, 2.75) is 46.5 Å². The topological polar surface area (TPSA) is 77.8 Å². The standard InChI is InChI=1S/C21H32N2O5/c1-6-28-21(26)19-14(2)18(15(3)22(19)4)17(24)13-23(11-12-27-5)20(25)16-9-7-8-10-16/h16H,6-13H2,1-5H3. The first-order valence-electron chi connectivity index (χ1n) is 9.97. The van der Waals surface area contributed by atoms with Crippen molar-refractivity contribution in [1.29, 1.82) is 0 Å². The summed E-state index contributed by atoms with van der Waals surface area (Å²) in [6.07, 6.45) is 3.88. The molecule has 156 valence electrons. The van der Waals surface area contributed by atoms with Gasteiger partial charge in [0, 0.05) is 37.9 Å². The van der Waals surface area contributed by atoms with Gasteiger partial charge in [0.15, 0.2) is 5.78 Å². The summed E-state index contributed by atoms with van der Waals surface area (Å²) < 4.78 is 11.9. The molecule has 1 heterocycles. The number of Topliss-reactive ketones (excluding diaryl/α,β-unsaturated/α-hetero) is 1. The van der Waals surface area contributed by atoms with E-state index in [2.05, 4.69) is 0 Å². The van der Waals surface area contributed by atoms with Crippen LogP contribution in [0.1, 0.15) is 64.7 Å². The van der Waals surface area contributed by atoms with Gasteiger partial charge in [0.05, 0.1) is 19.8 Å². The molecular weight excluding hydrogens is 360 g/mol. The van der Waals surface area contributed by atoms with E-state index in [1.165, 1.54) is 0 Å². The Morgan fingerprint density at radius 2 is 1.82 bits per heavy atom. The maximum atomic E-state index is 13.1. The third-order valence-corrected chi connectivity index (χ3v) is 5.59. The SMILES string of the molecule is CCOC(=O)c1c(C)c(C(=O)CN(CCOC)C(=O)C2CCCC2)c(C)n1C. The van der Waals surface area contributed by atoms with E-state index in [4.69, 9.17) is 9.47 Å². The summed E-state index contributed by atoms with van der Waals surface area (Å²) in [6.45, 7) is 6.34. The van der Waals surface area contributed by atoms with Crippen LogP contribution in [-0.2, 0) is 21.3 Å². The van der Waals surface area contributed by atoms with Crippen LogP contribution in [0.3, 0.4) is 0 Å². The number of rotatable bonds is 9. The number of ether oxygens (including phenoxy) is 2. The van der Waals surface area contributed by atoms with Crippen LogP contribution in [-0.4, -0.2) is 60.5 Å². The molecular formula is C21H32N2O5. The number of esters is 1. The Morgan fingerprint density at radius 3 is 2.39 bits per heavy atom. The number of ketones is 1. The second kappa shape index (κ2) is 9.87. The van der Waals surface area contributed by atoms with Crippen LogP contribution in [0.5, 0.6) is 0 Å². The van der Waals surface area contributed by atoms with Crippen molar-refractivity contribution in [3.63, 3.8) is 0 Å². The van der Waals surface area contributed by atoms with Crippen molar-refractivity contribution in [3.05, 3.63) is 22.5 Å². The average Bonchev–Trinajstić information content (AvgIpc) is 3.26. The van der Waals surface area contributed by atoms with Gasteiger partial charge in [0.25, 0.3) is 0 Å². The first-order valence-corrected chi connectivity index (χ1v) is 9.97. The van der Waals surface area contributed by atoms with E-state index in [1.807, 2.05) is 0 Å². The zero-order valence-corrected chi connectivity index (χ0v) is 17.7. The summed E-state index contributed by atoms with van der Waals surface area (Å²) in [5, 5.41) is 0. The predicted molar refractivity (Wildman–Crippen MR) is 106 cm³/mol. The average molecular weight is 392 g/mol. The van der Waals surface area contributed by atoms with Gasteiger partial charge in [-0.25, -0.2) is 4.79 Å². The molecule has 0 saturated heterocycles. The fourth-order valence-corrected chi connectivity index (χ4v) is 4.03. The Balaban J connectivity index is 2.26. The Morgan fingerprint density at radius 1 is 1.18 bits per heavy atom. The van der Waals surface area contributed by atoms with Crippen molar-refractivity contribution in [1.82, 2.24) is 9.47 Å². The lowest BCUT2D eigenvalue weighted by Crippen LogP contribution is -2.41. The van der Waals surface area contributed by atoms with Crippen LogP contribution in [0, 0.1) is 19.8 Å². The number of hydrogen-bond acceptors (Lipinski definition) is 5. The van der Waals surface area contributed by atoms with E-state index in [0.29, 0.717) is 35.7 Å². The monoisotopic (exact) mass is 392 g/mol. The lowest BCUT2D eigenvalue weighted by molar-refractivity contribution is -0.135. The van der Waals surface area contributed by atoms with Crippen molar-refractivity contribution < 1.29 is 23.9 Å². The van der Waals surface area contributed by atoms with Gasteiger partial charge in [0.1, 0.15) is 5.69 Å². The quantitative estimate of drug-likeness (QED) is 0.477. The third-order valence-electron chi connectivity index (χ3n) is 5.59. The molecule has 2 rings (SSSR count). The van der Waals surface area contributed by atoms with Crippen molar-refractivity contribution in [2.75, 3.05) is 33.4 Å². The van der Waals surface area contributed by atoms with E-state index in [9.17, 15) is 14.4 Å². The molecule has 1 aliphatic carbocycles. The van der Waals surface area contributed by atoms with Crippen molar-refractivity contribution in [3.8, 4) is 0 Å². The summed E-state index contributed by atoms with van der Waals surface area (Å²) in [4.78, 5) is 39.9. The lowest BCUT2D eigenvalue weighted by atomic mass is 10.0. The lowest BCUT2D eigenvalue weighted by Gasteiger charge is -2.25. The van der Waals surface area contributed by atoms with Gasteiger partial charge >= 0.3 is 5.97 Å². The highest BCUT2D eigenvalue weighted by Crippen LogP contribution is 2.27. The molecule has 1 saturated carbocycles. The Hall–Kier alpha value is -2.15. The molecule has 1 aromatic heterocycles. The second-order valence-electron chi connectivity index (χ2n) is 7.37. The van der Waals surface area contributed by atoms with Crippen molar-refractivity contribution >= 4 is 17.7 Å². The highest BCUT2D eigenvalue weighted by atomic mass is 16.5. The Bertz CT molecular complexity index is 732. The highest BCUT2D eigenvalue weighted by Gasteiger charge is 2.31. The number of nitrogens with zero attached hydrogens (tertiary/aromatic N) is 2. The minimum absolute atomic E-state index is 0.00211. The van der Waals surface area contributed by atoms with E-state index in [0.717, 1.165) is 25.7 Å². The maximum Gasteiger partial charge on any atom is 0.355 e. The predicted octanol–water partition coefficient (Wildman–Crippen LogP) is 2.67. The van der Waals surface area contributed by atoms with E-state index in [-0.39, 0.29) is 30.8 Å². The van der Waals surface area contributed by atoms with Crippen LogP contribution < -0.4 is 0 Å². The highest BCUT2D eigenvalue weighted by molar-refractivity contribution is 6.04. The van der Waals surface area contributed by atoms with Gasteiger partial charge in [-0.05, 0) is 39.2 Å². The number of carbonyl (C=O) groups excluding carboxylic acids is 3. The minimum atomic E-state index is -0.442. The molecule has 28 heavy (non-hydrogen) atoms. The van der Waals surface area contributed by atoms with Gasteiger partial charge in [0.2, 0.25) is 5.91 Å². The van der Waals surface area contributed by atoms with Crippen LogP contribution in [0.4, 0.5) is 0 Å². The zero-order valence-electron chi connectivity index (χ0n) is 17.7. The van der Waals surface area contributed by atoms with Gasteiger partial charge in [-0.1, -0.05) is 12.8 Å². The molecule has 1 aliphatic rings. The smallest absolute Gasteiger partial charge is 0.355 e. The molecule has 7 heteroatoms. The second-order valence-corrected chi connectivity index (χ2v) is 7.37. The Labute approximate surface area is 167 Å². The normalized spacial score (nSPS) is 14.3. The summed E-state index contributed by atoms with van der Waals surface area (Å²) in [5.41, 5.74) is 2.18. The van der Waals surface area contributed by atoms with Crippen molar-refractivity contribution in [2.24, 2.45) is 13.0 Å². The maximum absolute atomic E-state index is 13.1. The molecule has 0 bridgehead atoms. The first kappa shape index (κ1) is 22.1. The molecule has 7 nitrogen and oxygen atoms in total. The number of amides is 1. The molecule has 1 aromatic rings. The summed E-state index contributed by atoms with van der Waals surface area (Å²) in [6, 6.07) is 0. The fraction of sp³-hybridized carbons (Fsp3) is 0.667. The van der Waals surface area contributed by atoms with Crippen LogP contribution in [0.25, 0.3) is 0 Å². The molecule has 0 radical (unpaired) electrons. The van der Waals surface area contributed by atoms with Gasteiger partial charge in [-0.3, -0.25) is 9.59 Å². The number of hydrogen-bond donors (Lipinski definition) is 0. The molecule has 0 spiro atoms. The molecule has 0 N–H and O–H groups in total. The van der Waals surface area contributed by atoms with E-state index < -0.39 is 5.97 Å². The van der Waals surface area contributed by atoms with Crippen LogP contribution >= 0.6 is 0 Å². The van der Waals surface area contributed by atoms with E-state index >= 15 is 0 Å². The summed E-state index contributed by atoms with van der Waals surface area (Å²) in [5.74, 6) is -0.580. The molecule has 0 unspecified atom stereocenters. The molecule has 0 atom stereocenters. The summed E-state index contributed by atoms with van der Waals surface area (Å²) in [7, 11) is 3.33. The fourth-order valence-electron chi connectivity index (χ4n) is 4.03. The number of methoxy groups -OCH3 is 1. The minimum Gasteiger partial charge on any atom is -0.461 e. The molecule has 1 amide bonds. The first-order chi connectivity index (χ1) is 13.3.